The van der Waals surface area contributed by atoms with Crippen LogP contribution in [0.15, 0.2) is 27.9 Å². The Hall–Kier alpha value is -1.58. The van der Waals surface area contributed by atoms with Crippen LogP contribution in [-0.2, 0) is 7.05 Å². The molecule has 0 unspecified atom stereocenters. The van der Waals surface area contributed by atoms with Gasteiger partial charge in [0.2, 0.25) is 0 Å². The van der Waals surface area contributed by atoms with Gasteiger partial charge in [0.25, 0.3) is 5.56 Å². The number of rotatable bonds is 4. The van der Waals surface area contributed by atoms with E-state index in [1.165, 1.54) is 16.8 Å². The molecule has 0 aromatic carbocycles. The first kappa shape index (κ1) is 11.5. The first-order valence-electron chi connectivity index (χ1n) is 5.11. The van der Waals surface area contributed by atoms with Crippen LogP contribution in [0.1, 0.15) is 26.2 Å². The Balaban J connectivity index is 2.95. The van der Waals surface area contributed by atoms with Crippen LogP contribution in [-0.4, -0.2) is 9.13 Å². The fraction of sp³-hybridized carbons (Fsp3) is 0.455. The molecule has 0 atom stereocenters. The predicted molar refractivity (Wildman–Crippen MR) is 60.8 cm³/mol. The van der Waals surface area contributed by atoms with Gasteiger partial charge in [-0.15, -0.1) is 0 Å². The molecule has 4 heteroatoms. The zero-order valence-corrected chi connectivity index (χ0v) is 9.14. The predicted octanol–water partition coefficient (Wildman–Crippen LogP) is 1.21. The van der Waals surface area contributed by atoms with Crippen LogP contribution < -0.4 is 11.2 Å². The summed E-state index contributed by atoms with van der Waals surface area (Å²) < 4.78 is 2.50. The molecule has 0 saturated carbocycles. The summed E-state index contributed by atoms with van der Waals surface area (Å²) in [6.07, 6.45) is 7.94. The van der Waals surface area contributed by atoms with Gasteiger partial charge in [0, 0.05) is 25.5 Å². The van der Waals surface area contributed by atoms with Gasteiger partial charge in [-0.2, -0.15) is 0 Å². The lowest BCUT2D eigenvalue weighted by molar-refractivity contribution is 0.753. The van der Waals surface area contributed by atoms with Crippen molar-refractivity contribution in [2.24, 2.45) is 7.05 Å². The van der Waals surface area contributed by atoms with Gasteiger partial charge < -0.3 is 4.57 Å². The van der Waals surface area contributed by atoms with E-state index in [2.05, 4.69) is 6.92 Å². The summed E-state index contributed by atoms with van der Waals surface area (Å²) in [5.74, 6) is 0. The summed E-state index contributed by atoms with van der Waals surface area (Å²) in [7, 11) is 1.62. The fourth-order valence-corrected chi connectivity index (χ4v) is 1.22. The summed E-state index contributed by atoms with van der Waals surface area (Å²) in [5.41, 5.74) is -0.596. The minimum absolute atomic E-state index is 0.286. The smallest absolute Gasteiger partial charge is 0.303 e. The Morgan fingerprint density at radius 1 is 1.40 bits per heavy atom. The van der Waals surface area contributed by atoms with Crippen LogP contribution >= 0.6 is 0 Å². The topological polar surface area (TPSA) is 44.0 Å². The molecule has 15 heavy (non-hydrogen) atoms. The number of aryl methyl sites for hydroxylation is 1. The SMILES string of the molecule is CCCCC=Cn1c(=O)ccn(C)c1=O. The zero-order chi connectivity index (χ0) is 11.3. The van der Waals surface area contributed by atoms with Gasteiger partial charge in [-0.05, 0) is 6.42 Å². The van der Waals surface area contributed by atoms with Crippen molar-refractivity contribution in [3.8, 4) is 0 Å². The van der Waals surface area contributed by atoms with Gasteiger partial charge in [-0.25, -0.2) is 9.36 Å². The summed E-state index contributed by atoms with van der Waals surface area (Å²) >= 11 is 0. The molecular formula is C11H16N2O2. The van der Waals surface area contributed by atoms with Gasteiger partial charge in [-0.3, -0.25) is 4.79 Å². The molecule has 0 fully saturated rings. The highest BCUT2D eigenvalue weighted by molar-refractivity contribution is 5.21. The standard InChI is InChI=1S/C11H16N2O2/c1-3-4-5-6-8-13-10(14)7-9-12(2)11(13)15/h6-9H,3-5H2,1-2H3. The third-order valence-corrected chi connectivity index (χ3v) is 2.16. The van der Waals surface area contributed by atoms with Gasteiger partial charge in [0.1, 0.15) is 0 Å². The highest BCUT2D eigenvalue weighted by atomic mass is 16.2. The summed E-state index contributed by atoms with van der Waals surface area (Å²) in [6, 6.07) is 1.38. The molecule has 1 aromatic rings. The van der Waals surface area contributed by atoms with Crippen molar-refractivity contribution in [3.63, 3.8) is 0 Å². The van der Waals surface area contributed by atoms with Crippen LogP contribution in [0, 0.1) is 0 Å². The lowest BCUT2D eigenvalue weighted by Crippen LogP contribution is -2.34. The number of unbranched alkanes of at least 4 members (excludes halogenated alkanes) is 2. The van der Waals surface area contributed by atoms with E-state index in [-0.39, 0.29) is 11.2 Å². The van der Waals surface area contributed by atoms with Crippen molar-refractivity contribution >= 4 is 6.20 Å². The van der Waals surface area contributed by atoms with Crippen molar-refractivity contribution in [1.29, 1.82) is 0 Å². The lowest BCUT2D eigenvalue weighted by atomic mass is 10.2. The van der Waals surface area contributed by atoms with E-state index in [4.69, 9.17) is 0 Å². The first-order valence-corrected chi connectivity index (χ1v) is 5.11. The molecule has 1 aromatic heterocycles. The minimum atomic E-state index is -0.310. The van der Waals surface area contributed by atoms with Crippen LogP contribution in [0.4, 0.5) is 0 Å². The van der Waals surface area contributed by atoms with Crippen molar-refractivity contribution in [2.75, 3.05) is 0 Å². The van der Waals surface area contributed by atoms with Crippen LogP contribution in [0.3, 0.4) is 0 Å². The number of aromatic nitrogens is 2. The largest absolute Gasteiger partial charge is 0.334 e. The van der Waals surface area contributed by atoms with Crippen LogP contribution in [0.5, 0.6) is 0 Å². The lowest BCUT2D eigenvalue weighted by Gasteiger charge is -2.00. The van der Waals surface area contributed by atoms with E-state index in [1.807, 2.05) is 6.08 Å². The summed E-state index contributed by atoms with van der Waals surface area (Å²) in [6.45, 7) is 2.10. The van der Waals surface area contributed by atoms with Crippen LogP contribution in [0.2, 0.25) is 0 Å². The highest BCUT2D eigenvalue weighted by Gasteiger charge is 1.97. The molecule has 1 rings (SSSR count). The molecule has 82 valence electrons. The second kappa shape index (κ2) is 5.34. The van der Waals surface area contributed by atoms with Crippen molar-refractivity contribution < 1.29 is 0 Å². The maximum absolute atomic E-state index is 11.5. The van der Waals surface area contributed by atoms with E-state index in [1.54, 1.807) is 13.2 Å². The summed E-state index contributed by atoms with van der Waals surface area (Å²) in [4.78, 5) is 22.9. The Labute approximate surface area is 88.5 Å². The maximum atomic E-state index is 11.5. The molecule has 0 aliphatic carbocycles. The average Bonchev–Trinajstić information content (AvgIpc) is 2.23. The fourth-order valence-electron chi connectivity index (χ4n) is 1.22. The summed E-state index contributed by atoms with van der Waals surface area (Å²) in [5, 5.41) is 0. The average molecular weight is 208 g/mol. The molecule has 4 nitrogen and oxygen atoms in total. The van der Waals surface area contributed by atoms with Gasteiger partial charge in [0.15, 0.2) is 0 Å². The highest BCUT2D eigenvalue weighted by Crippen LogP contribution is 1.94. The number of nitrogens with zero attached hydrogens (tertiary/aromatic N) is 2. The zero-order valence-electron chi connectivity index (χ0n) is 9.14. The number of hydrogen-bond acceptors (Lipinski definition) is 2. The monoisotopic (exact) mass is 208 g/mol. The molecule has 0 spiro atoms. The number of hydrogen-bond donors (Lipinski definition) is 0. The van der Waals surface area contributed by atoms with Crippen molar-refractivity contribution in [3.05, 3.63) is 39.2 Å². The van der Waals surface area contributed by atoms with Gasteiger partial charge in [0.05, 0.1) is 0 Å². The van der Waals surface area contributed by atoms with Gasteiger partial charge >= 0.3 is 5.69 Å². The second-order valence-electron chi connectivity index (χ2n) is 3.44. The Bertz CT molecular complexity index is 454. The Morgan fingerprint density at radius 3 is 2.80 bits per heavy atom. The third kappa shape index (κ3) is 2.94. The molecule has 1 heterocycles. The van der Waals surface area contributed by atoms with E-state index in [0.717, 1.165) is 23.8 Å². The molecule has 0 radical (unpaired) electrons. The molecule has 0 aliphatic heterocycles. The molecular weight excluding hydrogens is 192 g/mol. The normalized spacial score (nSPS) is 11.1. The Kier molecular flexibility index (Phi) is 4.09. The minimum Gasteiger partial charge on any atom is -0.303 e. The van der Waals surface area contributed by atoms with Crippen LogP contribution in [0.25, 0.3) is 6.20 Å². The molecule has 0 amide bonds. The van der Waals surface area contributed by atoms with E-state index < -0.39 is 0 Å². The number of allylic oxidation sites excluding steroid dienone is 1. The quantitative estimate of drug-likeness (QED) is 0.698. The molecule has 0 N–H and O–H groups in total. The van der Waals surface area contributed by atoms with E-state index in [9.17, 15) is 9.59 Å². The Morgan fingerprint density at radius 2 is 2.13 bits per heavy atom. The molecule has 0 aliphatic rings. The van der Waals surface area contributed by atoms with Crippen molar-refractivity contribution in [2.45, 2.75) is 26.2 Å². The maximum Gasteiger partial charge on any atom is 0.334 e. The first-order chi connectivity index (χ1) is 7.16. The molecule has 0 bridgehead atoms. The van der Waals surface area contributed by atoms with E-state index >= 15 is 0 Å². The van der Waals surface area contributed by atoms with E-state index in [0.29, 0.717) is 0 Å². The van der Waals surface area contributed by atoms with Gasteiger partial charge in [-0.1, -0.05) is 25.8 Å². The molecule has 0 saturated heterocycles. The van der Waals surface area contributed by atoms with Crippen molar-refractivity contribution in [1.82, 2.24) is 9.13 Å². The third-order valence-electron chi connectivity index (χ3n) is 2.16. The second-order valence-corrected chi connectivity index (χ2v) is 3.44.